The second-order valence-electron chi connectivity index (χ2n) is 2.26. The number of aliphatic hydroxyl groups is 1. The Morgan fingerprint density at radius 3 is 2.50 bits per heavy atom. The number of aliphatic carboxylic acids is 1. The van der Waals surface area contributed by atoms with E-state index < -0.39 is 18.0 Å². The summed E-state index contributed by atoms with van der Waals surface area (Å²) in [6.45, 7) is 2.06. The molecular formula is C7H12O5. The molecule has 5 heteroatoms. The molecule has 2 N–H and O–H groups in total. The third-order valence-corrected chi connectivity index (χ3v) is 1.20. The molecule has 0 bridgehead atoms. The molecule has 0 aromatic rings. The fourth-order valence-electron chi connectivity index (χ4n) is 0.497. The van der Waals surface area contributed by atoms with Gasteiger partial charge in [-0.25, -0.2) is 9.59 Å². The molecule has 5 nitrogen and oxygen atoms in total. The van der Waals surface area contributed by atoms with Crippen molar-refractivity contribution in [3.05, 3.63) is 0 Å². The number of hydrogen-bond donors (Lipinski definition) is 2. The largest absolute Gasteiger partial charge is 0.479 e. The van der Waals surface area contributed by atoms with Gasteiger partial charge in [-0.05, 0) is 6.42 Å². The smallest absolute Gasteiger partial charge is 0.346 e. The maximum Gasteiger partial charge on any atom is 0.346 e. The molecule has 0 rings (SSSR count). The molecule has 0 spiro atoms. The molecule has 0 saturated carbocycles. The highest BCUT2D eigenvalue weighted by Crippen LogP contribution is 1.92. The van der Waals surface area contributed by atoms with Gasteiger partial charge in [0.1, 0.15) is 0 Å². The Hall–Kier alpha value is -1.10. The van der Waals surface area contributed by atoms with Crippen LogP contribution < -0.4 is 0 Å². The highest BCUT2D eigenvalue weighted by atomic mass is 16.6. The van der Waals surface area contributed by atoms with Gasteiger partial charge in [0, 0.05) is 0 Å². The van der Waals surface area contributed by atoms with Crippen LogP contribution in [-0.2, 0) is 14.3 Å². The molecular weight excluding hydrogens is 164 g/mol. The van der Waals surface area contributed by atoms with Crippen molar-refractivity contribution in [2.45, 2.75) is 25.9 Å². The topological polar surface area (TPSA) is 83.8 Å². The summed E-state index contributed by atoms with van der Waals surface area (Å²) in [4.78, 5) is 20.6. The van der Waals surface area contributed by atoms with Crippen LogP contribution in [0.25, 0.3) is 0 Å². The van der Waals surface area contributed by atoms with E-state index >= 15 is 0 Å². The number of rotatable bonds is 5. The van der Waals surface area contributed by atoms with Crippen LogP contribution in [0.5, 0.6) is 0 Å². The van der Waals surface area contributed by atoms with Gasteiger partial charge in [-0.1, -0.05) is 13.3 Å². The lowest BCUT2D eigenvalue weighted by Crippen LogP contribution is -2.31. The Morgan fingerprint density at radius 2 is 2.08 bits per heavy atom. The first-order chi connectivity index (χ1) is 5.59. The number of carboxylic acid groups (broad SMARTS) is 1. The first-order valence-corrected chi connectivity index (χ1v) is 3.67. The quantitative estimate of drug-likeness (QED) is 0.343. The maximum atomic E-state index is 10.6. The van der Waals surface area contributed by atoms with Gasteiger partial charge in [0.05, 0.1) is 6.61 Å². The van der Waals surface area contributed by atoms with Crippen LogP contribution >= 0.6 is 0 Å². The number of carboxylic acids is 1. The summed E-state index contributed by atoms with van der Waals surface area (Å²) in [6.07, 6.45) is -0.545. The standard InChI is InChI=1S/C7H12O5/c1-2-3-4-12-7(11)5(8)6(9)10/h5,8H,2-4H2,1H3,(H,9,10). The summed E-state index contributed by atoms with van der Waals surface area (Å²) in [6, 6.07) is 0. The third kappa shape index (κ3) is 3.92. The van der Waals surface area contributed by atoms with Crippen molar-refractivity contribution in [1.29, 1.82) is 0 Å². The van der Waals surface area contributed by atoms with Gasteiger partial charge >= 0.3 is 11.9 Å². The maximum absolute atomic E-state index is 10.6. The Kier molecular flexibility index (Phi) is 5.03. The van der Waals surface area contributed by atoms with E-state index in [-0.39, 0.29) is 6.61 Å². The van der Waals surface area contributed by atoms with Crippen molar-refractivity contribution in [1.82, 2.24) is 0 Å². The number of aliphatic hydroxyl groups excluding tert-OH is 1. The number of carbonyl (C=O) groups is 2. The third-order valence-electron chi connectivity index (χ3n) is 1.20. The van der Waals surface area contributed by atoms with Crippen molar-refractivity contribution in [2.75, 3.05) is 6.61 Å². The second kappa shape index (κ2) is 5.54. The summed E-state index contributed by atoms with van der Waals surface area (Å²) in [5.74, 6) is -2.69. The first kappa shape index (κ1) is 10.9. The summed E-state index contributed by atoms with van der Waals surface area (Å²) >= 11 is 0. The molecule has 0 radical (unpaired) electrons. The zero-order chi connectivity index (χ0) is 9.56. The molecule has 70 valence electrons. The summed E-state index contributed by atoms with van der Waals surface area (Å²) < 4.78 is 4.44. The molecule has 0 aliphatic carbocycles. The average molecular weight is 176 g/mol. The Balaban J connectivity index is 3.65. The van der Waals surface area contributed by atoms with Crippen molar-refractivity contribution < 1.29 is 24.5 Å². The molecule has 0 aliphatic heterocycles. The average Bonchev–Trinajstić information content (AvgIpc) is 2.03. The molecule has 0 aromatic heterocycles. The number of hydrogen-bond acceptors (Lipinski definition) is 4. The first-order valence-electron chi connectivity index (χ1n) is 3.67. The number of ether oxygens (including phenoxy) is 1. The van der Waals surface area contributed by atoms with E-state index in [1.54, 1.807) is 0 Å². The van der Waals surface area contributed by atoms with Crippen molar-refractivity contribution in [3.8, 4) is 0 Å². The zero-order valence-electron chi connectivity index (χ0n) is 6.82. The van der Waals surface area contributed by atoms with Gasteiger partial charge in [0.15, 0.2) is 0 Å². The zero-order valence-corrected chi connectivity index (χ0v) is 6.82. The summed E-state index contributed by atoms with van der Waals surface area (Å²) in [5, 5.41) is 16.8. The molecule has 0 saturated heterocycles. The van der Waals surface area contributed by atoms with Crippen LogP contribution in [0, 0.1) is 0 Å². The van der Waals surface area contributed by atoms with Gasteiger partial charge in [0.2, 0.25) is 6.10 Å². The predicted molar refractivity (Wildman–Crippen MR) is 39.5 cm³/mol. The number of carbonyl (C=O) groups excluding carboxylic acids is 1. The van der Waals surface area contributed by atoms with Crippen LogP contribution in [0.3, 0.4) is 0 Å². The fourth-order valence-corrected chi connectivity index (χ4v) is 0.497. The van der Waals surface area contributed by atoms with Crippen molar-refractivity contribution in [2.24, 2.45) is 0 Å². The van der Waals surface area contributed by atoms with E-state index in [1.807, 2.05) is 6.92 Å². The highest BCUT2D eigenvalue weighted by molar-refractivity contribution is 5.96. The fraction of sp³-hybridized carbons (Fsp3) is 0.714. The molecule has 0 amide bonds. The summed E-state index contributed by atoms with van der Waals surface area (Å²) in [7, 11) is 0. The molecule has 0 aliphatic rings. The highest BCUT2D eigenvalue weighted by Gasteiger charge is 2.24. The minimum Gasteiger partial charge on any atom is -0.479 e. The second-order valence-corrected chi connectivity index (χ2v) is 2.26. The predicted octanol–water partition coefficient (Wildman–Crippen LogP) is -0.225. The van der Waals surface area contributed by atoms with Gasteiger partial charge in [-0.2, -0.15) is 0 Å². The van der Waals surface area contributed by atoms with Gasteiger partial charge < -0.3 is 14.9 Å². The minimum atomic E-state index is -2.05. The van der Waals surface area contributed by atoms with Gasteiger partial charge in [0.25, 0.3) is 0 Å². The molecule has 12 heavy (non-hydrogen) atoms. The van der Waals surface area contributed by atoms with E-state index in [4.69, 9.17) is 10.2 Å². The van der Waals surface area contributed by atoms with Gasteiger partial charge in [-0.3, -0.25) is 0 Å². The lowest BCUT2D eigenvalue weighted by atomic mass is 10.3. The summed E-state index contributed by atoms with van der Waals surface area (Å²) in [5.41, 5.74) is 0. The van der Waals surface area contributed by atoms with Crippen LogP contribution in [0.1, 0.15) is 19.8 Å². The molecule has 1 atom stereocenters. The molecule has 1 unspecified atom stereocenters. The van der Waals surface area contributed by atoms with E-state index in [2.05, 4.69) is 4.74 Å². The normalized spacial score (nSPS) is 12.2. The molecule has 0 fully saturated rings. The van der Waals surface area contributed by atoms with E-state index in [0.29, 0.717) is 6.42 Å². The Bertz CT molecular complexity index is 165. The van der Waals surface area contributed by atoms with E-state index in [1.165, 1.54) is 0 Å². The number of esters is 1. The number of unbranched alkanes of at least 4 members (excludes halogenated alkanes) is 1. The van der Waals surface area contributed by atoms with Crippen LogP contribution in [-0.4, -0.2) is 34.9 Å². The lowest BCUT2D eigenvalue weighted by molar-refractivity contribution is -0.165. The van der Waals surface area contributed by atoms with Crippen LogP contribution in [0.2, 0.25) is 0 Å². The SMILES string of the molecule is CCCCOC(=O)C(O)C(=O)O. The van der Waals surface area contributed by atoms with E-state index in [0.717, 1.165) is 6.42 Å². The Morgan fingerprint density at radius 1 is 1.50 bits per heavy atom. The van der Waals surface area contributed by atoms with Crippen molar-refractivity contribution in [3.63, 3.8) is 0 Å². The Labute approximate surface area is 70.0 Å². The van der Waals surface area contributed by atoms with Crippen molar-refractivity contribution >= 4 is 11.9 Å². The molecule has 0 heterocycles. The molecule has 0 aromatic carbocycles. The van der Waals surface area contributed by atoms with Crippen LogP contribution in [0.15, 0.2) is 0 Å². The van der Waals surface area contributed by atoms with Gasteiger partial charge in [-0.15, -0.1) is 0 Å². The minimum absolute atomic E-state index is 0.152. The monoisotopic (exact) mass is 176 g/mol. The lowest BCUT2D eigenvalue weighted by Gasteiger charge is -2.05. The van der Waals surface area contributed by atoms with Crippen LogP contribution in [0.4, 0.5) is 0 Å². The van der Waals surface area contributed by atoms with E-state index in [9.17, 15) is 9.59 Å².